The summed E-state index contributed by atoms with van der Waals surface area (Å²) in [7, 11) is 0. The van der Waals surface area contributed by atoms with Gasteiger partial charge in [-0.25, -0.2) is 0 Å². The van der Waals surface area contributed by atoms with E-state index in [1.807, 2.05) is 6.21 Å². The van der Waals surface area contributed by atoms with E-state index in [4.69, 9.17) is 0 Å². The molecule has 0 amide bonds. The number of aryl methyl sites for hydroxylation is 1. The number of halogens is 1. The lowest BCUT2D eigenvalue weighted by atomic mass is 10.1. The van der Waals surface area contributed by atoms with Gasteiger partial charge in [0.15, 0.2) is 0 Å². The van der Waals surface area contributed by atoms with Gasteiger partial charge in [-0.15, -0.1) is 0 Å². The quantitative estimate of drug-likeness (QED) is 0.312. The second-order valence-corrected chi connectivity index (χ2v) is 7.53. The number of anilines is 1. The fourth-order valence-corrected chi connectivity index (χ4v) is 3.52. The number of hydrogen-bond donors (Lipinski definition) is 0. The Bertz CT molecular complexity index is 870. The maximum Gasteiger partial charge on any atom is 0.0659 e. The van der Waals surface area contributed by atoms with Crippen molar-refractivity contribution in [3.05, 3.63) is 93.1 Å². The number of aliphatic imine (C=N–C) groups is 1. The van der Waals surface area contributed by atoms with Crippen LogP contribution in [-0.2, 0) is 6.54 Å². The molecule has 3 aromatic carbocycles. The number of hydrogen-bond acceptors (Lipinski definition) is 2. The molecular formula is C23H23IN2. The first-order chi connectivity index (χ1) is 12.7. The molecule has 0 unspecified atom stereocenters. The first kappa shape index (κ1) is 18.6. The van der Waals surface area contributed by atoms with E-state index < -0.39 is 0 Å². The first-order valence-corrected chi connectivity index (χ1v) is 9.93. The number of nitrogens with zero attached hydrogens (tertiary/aromatic N) is 2. The van der Waals surface area contributed by atoms with Crippen molar-refractivity contribution >= 4 is 40.2 Å². The van der Waals surface area contributed by atoms with Crippen molar-refractivity contribution in [3.63, 3.8) is 0 Å². The molecule has 0 fully saturated rings. The molecule has 3 heteroatoms. The molecule has 26 heavy (non-hydrogen) atoms. The van der Waals surface area contributed by atoms with Crippen LogP contribution in [0.3, 0.4) is 0 Å². The van der Waals surface area contributed by atoms with E-state index in [1.165, 1.54) is 20.4 Å². The highest BCUT2D eigenvalue weighted by molar-refractivity contribution is 14.1. The summed E-state index contributed by atoms with van der Waals surface area (Å²) in [6.07, 6.45) is 1.94. The monoisotopic (exact) mass is 454 g/mol. The molecule has 0 aliphatic rings. The minimum absolute atomic E-state index is 0.923. The zero-order valence-electron chi connectivity index (χ0n) is 15.2. The molecule has 0 aliphatic heterocycles. The van der Waals surface area contributed by atoms with E-state index in [2.05, 4.69) is 119 Å². The van der Waals surface area contributed by atoms with Crippen molar-refractivity contribution in [3.8, 4) is 0 Å². The van der Waals surface area contributed by atoms with Gasteiger partial charge in [0.2, 0.25) is 0 Å². The summed E-state index contributed by atoms with van der Waals surface area (Å²) in [4.78, 5) is 7.01. The van der Waals surface area contributed by atoms with Crippen LogP contribution >= 0.6 is 22.6 Å². The van der Waals surface area contributed by atoms with Crippen LogP contribution in [0.25, 0.3) is 0 Å². The molecule has 0 radical (unpaired) electrons. The Labute approximate surface area is 169 Å². The molecule has 3 aromatic rings. The van der Waals surface area contributed by atoms with Crippen LogP contribution in [0.1, 0.15) is 23.6 Å². The van der Waals surface area contributed by atoms with E-state index in [9.17, 15) is 0 Å². The minimum atomic E-state index is 0.923. The van der Waals surface area contributed by atoms with Gasteiger partial charge in [0, 0.05) is 28.6 Å². The van der Waals surface area contributed by atoms with Gasteiger partial charge in [0.25, 0.3) is 0 Å². The van der Waals surface area contributed by atoms with Gasteiger partial charge in [-0.05, 0) is 83.5 Å². The van der Waals surface area contributed by atoms with E-state index in [0.717, 1.165) is 24.3 Å². The molecule has 0 aliphatic carbocycles. The summed E-state index contributed by atoms with van der Waals surface area (Å²) in [5.41, 5.74) is 5.90. The van der Waals surface area contributed by atoms with E-state index in [0.29, 0.717) is 0 Å². The van der Waals surface area contributed by atoms with Gasteiger partial charge in [-0.1, -0.05) is 42.5 Å². The fraction of sp³-hybridized carbons (Fsp3) is 0.174. The molecule has 0 heterocycles. The van der Waals surface area contributed by atoms with Crippen molar-refractivity contribution in [2.24, 2.45) is 4.99 Å². The van der Waals surface area contributed by atoms with Crippen molar-refractivity contribution in [2.75, 3.05) is 11.4 Å². The largest absolute Gasteiger partial charge is 0.367 e. The SMILES string of the molecule is CCN(Cc1ccccc1)c1ccc(C=Nc2ccc(I)cc2C)cc1. The van der Waals surface area contributed by atoms with Crippen molar-refractivity contribution in [1.82, 2.24) is 0 Å². The smallest absolute Gasteiger partial charge is 0.0659 e. The highest BCUT2D eigenvalue weighted by atomic mass is 127. The maximum absolute atomic E-state index is 4.64. The maximum atomic E-state index is 4.64. The second-order valence-electron chi connectivity index (χ2n) is 6.28. The van der Waals surface area contributed by atoms with Gasteiger partial charge in [-0.2, -0.15) is 0 Å². The molecule has 0 aromatic heterocycles. The molecule has 132 valence electrons. The topological polar surface area (TPSA) is 15.6 Å². The summed E-state index contributed by atoms with van der Waals surface area (Å²) >= 11 is 2.33. The lowest BCUT2D eigenvalue weighted by molar-refractivity contribution is 0.832. The third-order valence-electron chi connectivity index (χ3n) is 4.37. The van der Waals surface area contributed by atoms with Crippen LogP contribution in [-0.4, -0.2) is 12.8 Å². The predicted molar refractivity (Wildman–Crippen MR) is 121 cm³/mol. The molecule has 0 saturated carbocycles. The minimum Gasteiger partial charge on any atom is -0.367 e. The predicted octanol–water partition coefficient (Wildman–Crippen LogP) is 6.38. The van der Waals surface area contributed by atoms with Gasteiger partial charge < -0.3 is 4.90 Å². The summed E-state index contributed by atoms with van der Waals surface area (Å²) < 4.78 is 1.24. The third kappa shape index (κ3) is 4.94. The van der Waals surface area contributed by atoms with Gasteiger partial charge in [0.05, 0.1) is 5.69 Å². The molecule has 3 rings (SSSR count). The third-order valence-corrected chi connectivity index (χ3v) is 5.04. The molecule has 0 atom stereocenters. The highest BCUT2D eigenvalue weighted by Crippen LogP contribution is 2.21. The van der Waals surface area contributed by atoms with Crippen molar-refractivity contribution in [1.29, 1.82) is 0 Å². The van der Waals surface area contributed by atoms with E-state index >= 15 is 0 Å². The Morgan fingerprint density at radius 2 is 1.69 bits per heavy atom. The van der Waals surface area contributed by atoms with Crippen LogP contribution in [0.5, 0.6) is 0 Å². The Morgan fingerprint density at radius 3 is 2.35 bits per heavy atom. The van der Waals surface area contributed by atoms with Gasteiger partial charge >= 0.3 is 0 Å². The fourth-order valence-electron chi connectivity index (χ4n) is 2.87. The number of rotatable bonds is 6. The molecular weight excluding hydrogens is 431 g/mol. The normalized spacial score (nSPS) is 11.0. The summed E-state index contributed by atoms with van der Waals surface area (Å²) in [5, 5.41) is 0. The summed E-state index contributed by atoms with van der Waals surface area (Å²) in [6, 6.07) is 25.5. The zero-order valence-corrected chi connectivity index (χ0v) is 17.3. The lowest BCUT2D eigenvalue weighted by Crippen LogP contribution is -2.21. The summed E-state index contributed by atoms with van der Waals surface area (Å²) in [5.74, 6) is 0. The van der Waals surface area contributed by atoms with Gasteiger partial charge in [0.1, 0.15) is 0 Å². The average molecular weight is 454 g/mol. The van der Waals surface area contributed by atoms with Crippen molar-refractivity contribution in [2.45, 2.75) is 20.4 Å². The number of benzene rings is 3. The van der Waals surface area contributed by atoms with Crippen LogP contribution in [0.2, 0.25) is 0 Å². The average Bonchev–Trinajstić information content (AvgIpc) is 2.67. The molecule has 0 spiro atoms. The first-order valence-electron chi connectivity index (χ1n) is 8.85. The van der Waals surface area contributed by atoms with Crippen LogP contribution < -0.4 is 4.90 Å². The molecule has 0 bridgehead atoms. The Hall–Kier alpha value is -2.14. The molecule has 0 N–H and O–H groups in total. The van der Waals surface area contributed by atoms with Crippen LogP contribution in [0, 0.1) is 10.5 Å². The highest BCUT2D eigenvalue weighted by Gasteiger charge is 2.05. The van der Waals surface area contributed by atoms with E-state index in [1.54, 1.807) is 0 Å². The van der Waals surface area contributed by atoms with Crippen molar-refractivity contribution < 1.29 is 0 Å². The van der Waals surface area contributed by atoms with E-state index in [-0.39, 0.29) is 0 Å². The molecule has 0 saturated heterocycles. The Kier molecular flexibility index (Phi) is 6.45. The standard InChI is InChI=1S/C23H23IN2/c1-3-26(17-20-7-5-4-6-8-20)22-12-9-19(10-13-22)16-25-23-14-11-21(24)15-18(23)2/h4-16H,3,17H2,1-2H3. The second kappa shape index (κ2) is 8.99. The molecule has 2 nitrogen and oxygen atoms in total. The Morgan fingerprint density at radius 1 is 0.962 bits per heavy atom. The zero-order chi connectivity index (χ0) is 18.4. The van der Waals surface area contributed by atoms with Gasteiger partial charge in [-0.3, -0.25) is 4.99 Å². The lowest BCUT2D eigenvalue weighted by Gasteiger charge is -2.23. The van der Waals surface area contributed by atoms with Crippen LogP contribution in [0.15, 0.2) is 77.8 Å². The van der Waals surface area contributed by atoms with Crippen LogP contribution in [0.4, 0.5) is 11.4 Å². The Balaban J connectivity index is 1.71. The summed E-state index contributed by atoms with van der Waals surface area (Å²) in [6.45, 7) is 6.19.